The summed E-state index contributed by atoms with van der Waals surface area (Å²) in [6, 6.07) is 18.4. The van der Waals surface area contributed by atoms with Gasteiger partial charge in [0.05, 0.1) is 12.1 Å². The average molecular weight is 401 g/mol. The van der Waals surface area contributed by atoms with Gasteiger partial charge in [-0.1, -0.05) is 30.3 Å². The van der Waals surface area contributed by atoms with E-state index >= 15 is 0 Å². The molecule has 5 heteroatoms. The van der Waals surface area contributed by atoms with Crippen LogP contribution in [0.4, 0.5) is 8.78 Å². The fraction of sp³-hybridized carbons (Fsp3) is 0.417. The summed E-state index contributed by atoms with van der Waals surface area (Å²) in [7, 11) is 1.53. The molecule has 3 aromatic rings. The molecular weight excluding hydrogens is 372 g/mol. The molecule has 0 amide bonds. The van der Waals surface area contributed by atoms with Gasteiger partial charge in [0.15, 0.2) is 0 Å². The number of methoxy groups -OCH3 is 1. The number of hydrogen-bond donors (Lipinski definition) is 0. The van der Waals surface area contributed by atoms with Gasteiger partial charge in [0, 0.05) is 50.2 Å². The summed E-state index contributed by atoms with van der Waals surface area (Å²) >= 11 is 0. The Balaban J connectivity index is 1.64. The second kappa shape index (κ2) is 9.88. The summed E-state index contributed by atoms with van der Waals surface area (Å²) < 4.78 is 40.5. The number of ether oxygens (including phenoxy) is 2. The number of benzene rings is 2. The SMILES string of the molecule is CCn1c(-c2ccccc2)cc2ccc(OCCCC(F)(F)CCCOC)cc21. The minimum Gasteiger partial charge on any atom is -0.494 e. The highest BCUT2D eigenvalue weighted by Crippen LogP contribution is 2.31. The van der Waals surface area contributed by atoms with Crippen LogP contribution in [0.5, 0.6) is 5.75 Å². The molecule has 0 N–H and O–H groups in total. The van der Waals surface area contributed by atoms with E-state index in [1.807, 2.05) is 36.4 Å². The number of fused-ring (bicyclic) bond motifs is 1. The van der Waals surface area contributed by atoms with E-state index in [9.17, 15) is 8.78 Å². The third-order valence-electron chi connectivity index (χ3n) is 5.11. The van der Waals surface area contributed by atoms with Crippen molar-refractivity contribution in [3.8, 4) is 17.0 Å². The first-order valence-corrected chi connectivity index (χ1v) is 10.2. The zero-order chi connectivity index (χ0) is 20.7. The maximum Gasteiger partial charge on any atom is 0.248 e. The molecule has 0 atom stereocenters. The lowest BCUT2D eigenvalue weighted by atomic mass is 10.1. The van der Waals surface area contributed by atoms with Crippen LogP contribution in [-0.4, -0.2) is 30.8 Å². The van der Waals surface area contributed by atoms with Crippen LogP contribution >= 0.6 is 0 Å². The molecule has 29 heavy (non-hydrogen) atoms. The predicted molar refractivity (Wildman–Crippen MR) is 114 cm³/mol. The third-order valence-corrected chi connectivity index (χ3v) is 5.11. The molecular formula is C24H29F2NO2. The van der Waals surface area contributed by atoms with Gasteiger partial charge in [-0.3, -0.25) is 0 Å². The summed E-state index contributed by atoms with van der Waals surface area (Å²) in [5.41, 5.74) is 3.42. The Bertz CT molecular complexity index is 906. The molecule has 0 aliphatic heterocycles. The summed E-state index contributed by atoms with van der Waals surface area (Å²) in [5, 5.41) is 1.14. The van der Waals surface area contributed by atoms with Crippen LogP contribution in [0, 0.1) is 0 Å². The summed E-state index contributed by atoms with van der Waals surface area (Å²) in [5.74, 6) is -1.94. The number of rotatable bonds is 11. The normalized spacial score (nSPS) is 11.9. The number of nitrogens with zero attached hydrogens (tertiary/aromatic N) is 1. The molecule has 0 saturated heterocycles. The first kappa shape index (κ1) is 21.3. The molecule has 0 spiro atoms. The van der Waals surface area contributed by atoms with E-state index < -0.39 is 5.92 Å². The number of aromatic nitrogens is 1. The zero-order valence-corrected chi connectivity index (χ0v) is 17.2. The van der Waals surface area contributed by atoms with Crippen molar-refractivity contribution in [2.75, 3.05) is 20.3 Å². The maximum atomic E-state index is 13.8. The van der Waals surface area contributed by atoms with Gasteiger partial charge in [-0.25, -0.2) is 8.78 Å². The monoisotopic (exact) mass is 401 g/mol. The van der Waals surface area contributed by atoms with Crippen LogP contribution < -0.4 is 4.74 Å². The highest BCUT2D eigenvalue weighted by molar-refractivity contribution is 5.88. The fourth-order valence-electron chi connectivity index (χ4n) is 3.63. The first-order valence-electron chi connectivity index (χ1n) is 10.2. The van der Waals surface area contributed by atoms with Crippen molar-refractivity contribution in [1.82, 2.24) is 4.57 Å². The molecule has 0 unspecified atom stereocenters. The fourth-order valence-corrected chi connectivity index (χ4v) is 3.63. The molecule has 2 aromatic carbocycles. The van der Waals surface area contributed by atoms with Gasteiger partial charge in [-0.15, -0.1) is 0 Å². The molecule has 1 aromatic heterocycles. The Hall–Kier alpha value is -2.40. The molecule has 3 nitrogen and oxygen atoms in total. The lowest BCUT2D eigenvalue weighted by molar-refractivity contribution is -0.0268. The van der Waals surface area contributed by atoms with Crippen molar-refractivity contribution in [3.63, 3.8) is 0 Å². The average Bonchev–Trinajstić information content (AvgIpc) is 3.10. The smallest absolute Gasteiger partial charge is 0.248 e. The summed E-state index contributed by atoms with van der Waals surface area (Å²) in [6.45, 7) is 3.61. The third kappa shape index (κ3) is 5.57. The largest absolute Gasteiger partial charge is 0.494 e. The zero-order valence-electron chi connectivity index (χ0n) is 17.2. The van der Waals surface area contributed by atoms with E-state index in [1.54, 1.807) is 0 Å². The molecule has 0 saturated carbocycles. The van der Waals surface area contributed by atoms with Gasteiger partial charge in [0.25, 0.3) is 0 Å². The van der Waals surface area contributed by atoms with E-state index in [-0.39, 0.29) is 19.4 Å². The van der Waals surface area contributed by atoms with E-state index in [2.05, 4.69) is 29.7 Å². The van der Waals surface area contributed by atoms with Crippen LogP contribution in [0.3, 0.4) is 0 Å². The molecule has 0 aliphatic rings. The molecule has 0 fully saturated rings. The van der Waals surface area contributed by atoms with Gasteiger partial charge in [-0.05, 0) is 43.5 Å². The second-order valence-corrected chi connectivity index (χ2v) is 7.26. The number of hydrogen-bond acceptors (Lipinski definition) is 2. The van der Waals surface area contributed by atoms with Crippen molar-refractivity contribution in [3.05, 3.63) is 54.6 Å². The minimum atomic E-state index is -2.66. The molecule has 0 aliphatic carbocycles. The Labute approximate surface area is 171 Å². The highest BCUT2D eigenvalue weighted by atomic mass is 19.3. The quantitative estimate of drug-likeness (QED) is 0.340. The Morgan fingerprint density at radius 2 is 1.66 bits per heavy atom. The molecule has 156 valence electrons. The molecule has 0 radical (unpaired) electrons. The minimum absolute atomic E-state index is 0.140. The topological polar surface area (TPSA) is 23.4 Å². The lowest BCUT2D eigenvalue weighted by Crippen LogP contribution is -2.18. The van der Waals surface area contributed by atoms with Crippen LogP contribution in [0.15, 0.2) is 54.6 Å². The second-order valence-electron chi connectivity index (χ2n) is 7.26. The van der Waals surface area contributed by atoms with Gasteiger partial charge in [-0.2, -0.15) is 0 Å². The van der Waals surface area contributed by atoms with Crippen LogP contribution in [0.25, 0.3) is 22.2 Å². The van der Waals surface area contributed by atoms with Gasteiger partial charge < -0.3 is 14.0 Å². The molecule has 0 bridgehead atoms. The predicted octanol–water partition coefficient (Wildman–Crippen LogP) is 6.55. The standard InChI is InChI=1S/C24H29F2NO2/c1-3-27-22(19-9-5-4-6-10-19)17-20-11-12-21(18-23(20)27)29-16-8-14-24(25,26)13-7-15-28-2/h4-6,9-12,17-18H,3,7-8,13-16H2,1-2H3. The number of alkyl halides is 2. The molecule has 1 heterocycles. The molecule has 3 rings (SSSR count). The van der Waals surface area contributed by atoms with Crippen LogP contribution in [0.2, 0.25) is 0 Å². The first-order chi connectivity index (χ1) is 14.0. The maximum absolute atomic E-state index is 13.8. The number of aryl methyl sites for hydroxylation is 1. The van der Waals surface area contributed by atoms with E-state index in [1.165, 1.54) is 12.7 Å². The highest BCUT2D eigenvalue weighted by Gasteiger charge is 2.27. The Morgan fingerprint density at radius 1 is 0.931 bits per heavy atom. The summed E-state index contributed by atoms with van der Waals surface area (Å²) in [4.78, 5) is 0. The van der Waals surface area contributed by atoms with Crippen molar-refractivity contribution >= 4 is 10.9 Å². The van der Waals surface area contributed by atoms with Gasteiger partial charge in [0.1, 0.15) is 5.75 Å². The van der Waals surface area contributed by atoms with Crippen molar-refractivity contribution in [2.24, 2.45) is 0 Å². The summed E-state index contributed by atoms with van der Waals surface area (Å²) in [6.07, 6.45) is 0.391. The van der Waals surface area contributed by atoms with Crippen LogP contribution in [0.1, 0.15) is 32.6 Å². The lowest BCUT2D eigenvalue weighted by Gasteiger charge is -2.16. The van der Waals surface area contributed by atoms with E-state index in [0.717, 1.165) is 23.1 Å². The van der Waals surface area contributed by atoms with E-state index in [4.69, 9.17) is 9.47 Å². The van der Waals surface area contributed by atoms with Crippen molar-refractivity contribution in [1.29, 1.82) is 0 Å². The Kier molecular flexibility index (Phi) is 7.26. The van der Waals surface area contributed by atoms with Gasteiger partial charge in [0.2, 0.25) is 5.92 Å². The van der Waals surface area contributed by atoms with E-state index in [0.29, 0.717) is 25.2 Å². The number of halogens is 2. The van der Waals surface area contributed by atoms with Crippen molar-refractivity contribution in [2.45, 2.75) is 45.1 Å². The van der Waals surface area contributed by atoms with Crippen LogP contribution in [-0.2, 0) is 11.3 Å². The van der Waals surface area contributed by atoms with Crippen molar-refractivity contribution < 1.29 is 18.3 Å². The van der Waals surface area contributed by atoms with Gasteiger partial charge >= 0.3 is 0 Å². The Morgan fingerprint density at radius 3 is 2.34 bits per heavy atom.